The lowest BCUT2D eigenvalue weighted by Gasteiger charge is -2.08. The minimum Gasteiger partial charge on any atom is -0.382 e. The maximum atomic E-state index is 5.29. The van der Waals surface area contributed by atoms with Gasteiger partial charge in [0.15, 0.2) is 0 Å². The number of unbranched alkanes of at least 4 members (excludes halogenated alkanes) is 19. The van der Waals surface area contributed by atoms with E-state index in [1.54, 1.807) is 0 Å². The number of hydrogen-bond acceptors (Lipinski definition) is 1. The molecule has 0 aromatic heterocycles. The summed E-state index contributed by atoms with van der Waals surface area (Å²) in [6.45, 7) is 4.48. The molecule has 1 nitrogen and oxygen atoms in total. The van der Waals surface area contributed by atoms with E-state index < -0.39 is 0 Å². The van der Waals surface area contributed by atoms with Crippen molar-refractivity contribution in [3.63, 3.8) is 0 Å². The molecule has 0 amide bonds. The van der Waals surface area contributed by atoms with E-state index in [1.165, 1.54) is 135 Å². The summed E-state index contributed by atoms with van der Waals surface area (Å²) < 4.78 is 5.29. The molecular formula is C25H52O. The zero-order valence-electron chi connectivity index (χ0n) is 18.8. The lowest BCUT2D eigenvalue weighted by molar-refractivity contribution is 0.108. The Balaban J connectivity index is 2.99. The number of rotatable bonds is 22. The van der Waals surface area contributed by atoms with Crippen LogP contribution >= 0.6 is 0 Å². The van der Waals surface area contributed by atoms with E-state index in [1.807, 2.05) is 7.11 Å². The summed E-state index contributed by atoms with van der Waals surface area (Å²) in [5.74, 6) is 0. The molecule has 0 bridgehead atoms. The van der Waals surface area contributed by atoms with Crippen LogP contribution < -0.4 is 0 Å². The van der Waals surface area contributed by atoms with Gasteiger partial charge in [0.2, 0.25) is 0 Å². The first-order valence-electron chi connectivity index (χ1n) is 12.3. The number of hydrogen-bond donors (Lipinski definition) is 0. The predicted molar refractivity (Wildman–Crippen MR) is 119 cm³/mol. The second kappa shape index (κ2) is 23.0. The molecule has 0 spiro atoms. The van der Waals surface area contributed by atoms with Crippen LogP contribution in [0.1, 0.15) is 149 Å². The highest BCUT2D eigenvalue weighted by Crippen LogP contribution is 2.15. The third-order valence-electron chi connectivity index (χ3n) is 5.87. The molecule has 0 aliphatic rings. The highest BCUT2D eigenvalue weighted by Gasteiger charge is 1.99. The van der Waals surface area contributed by atoms with Crippen LogP contribution in [-0.2, 0) is 4.74 Å². The topological polar surface area (TPSA) is 9.23 Å². The summed E-state index contributed by atoms with van der Waals surface area (Å²) >= 11 is 0. The van der Waals surface area contributed by atoms with Crippen molar-refractivity contribution >= 4 is 0 Å². The van der Waals surface area contributed by atoms with Crippen molar-refractivity contribution in [1.82, 2.24) is 0 Å². The van der Waals surface area contributed by atoms with E-state index in [0.29, 0.717) is 6.10 Å². The second-order valence-corrected chi connectivity index (χ2v) is 8.55. The highest BCUT2D eigenvalue weighted by molar-refractivity contribution is 4.52. The number of methoxy groups -OCH3 is 1. The molecule has 0 aromatic carbocycles. The lowest BCUT2D eigenvalue weighted by atomic mass is 10.0. The molecule has 0 aromatic rings. The van der Waals surface area contributed by atoms with E-state index in [2.05, 4.69) is 13.8 Å². The van der Waals surface area contributed by atoms with Crippen molar-refractivity contribution in [2.24, 2.45) is 0 Å². The Morgan fingerprint density at radius 3 is 1.00 bits per heavy atom. The van der Waals surface area contributed by atoms with Crippen LogP contribution in [0, 0.1) is 0 Å². The van der Waals surface area contributed by atoms with E-state index in [9.17, 15) is 0 Å². The molecule has 0 heterocycles. The summed E-state index contributed by atoms with van der Waals surface area (Å²) in [5.41, 5.74) is 0. The third kappa shape index (κ3) is 22.0. The molecule has 0 aliphatic carbocycles. The normalized spacial score (nSPS) is 12.6. The van der Waals surface area contributed by atoms with Gasteiger partial charge >= 0.3 is 0 Å². The summed E-state index contributed by atoms with van der Waals surface area (Å²) in [6, 6.07) is 0. The molecule has 0 aliphatic heterocycles. The molecule has 1 unspecified atom stereocenters. The lowest BCUT2D eigenvalue weighted by Crippen LogP contribution is -2.03. The van der Waals surface area contributed by atoms with Gasteiger partial charge in [-0.25, -0.2) is 0 Å². The molecule has 0 saturated carbocycles. The Kier molecular flexibility index (Phi) is 23.0. The van der Waals surface area contributed by atoms with Crippen LogP contribution in [-0.4, -0.2) is 13.2 Å². The van der Waals surface area contributed by atoms with Crippen LogP contribution in [0.5, 0.6) is 0 Å². The van der Waals surface area contributed by atoms with Crippen LogP contribution in [0.25, 0.3) is 0 Å². The molecule has 0 rings (SSSR count). The van der Waals surface area contributed by atoms with Gasteiger partial charge in [-0.05, 0) is 13.3 Å². The van der Waals surface area contributed by atoms with Crippen LogP contribution in [0.4, 0.5) is 0 Å². The van der Waals surface area contributed by atoms with Crippen molar-refractivity contribution in [2.75, 3.05) is 7.11 Å². The van der Waals surface area contributed by atoms with E-state index in [4.69, 9.17) is 4.74 Å². The predicted octanol–water partition coefficient (Wildman–Crippen LogP) is 9.23. The monoisotopic (exact) mass is 368 g/mol. The summed E-state index contributed by atoms with van der Waals surface area (Å²) in [4.78, 5) is 0. The Morgan fingerprint density at radius 1 is 0.462 bits per heavy atom. The zero-order valence-corrected chi connectivity index (χ0v) is 18.8. The molecule has 0 N–H and O–H groups in total. The average molecular weight is 369 g/mol. The van der Waals surface area contributed by atoms with Gasteiger partial charge in [0.25, 0.3) is 0 Å². The maximum Gasteiger partial charge on any atom is 0.0543 e. The Morgan fingerprint density at radius 2 is 0.731 bits per heavy atom. The smallest absolute Gasteiger partial charge is 0.0543 e. The van der Waals surface area contributed by atoms with Gasteiger partial charge in [-0.2, -0.15) is 0 Å². The van der Waals surface area contributed by atoms with Gasteiger partial charge in [-0.15, -0.1) is 0 Å². The fourth-order valence-electron chi connectivity index (χ4n) is 3.80. The molecule has 1 heteroatoms. The molecule has 0 radical (unpaired) electrons. The second-order valence-electron chi connectivity index (χ2n) is 8.55. The minimum absolute atomic E-state index is 0.450. The van der Waals surface area contributed by atoms with Crippen LogP contribution in [0.2, 0.25) is 0 Å². The first-order valence-corrected chi connectivity index (χ1v) is 12.3. The van der Waals surface area contributed by atoms with Gasteiger partial charge in [0.05, 0.1) is 6.10 Å². The molecule has 0 fully saturated rings. The van der Waals surface area contributed by atoms with Crippen LogP contribution in [0.15, 0.2) is 0 Å². The molecule has 0 saturated heterocycles. The molecule has 26 heavy (non-hydrogen) atoms. The summed E-state index contributed by atoms with van der Waals surface area (Å²) in [6.07, 6.45) is 30.7. The summed E-state index contributed by atoms with van der Waals surface area (Å²) in [7, 11) is 1.82. The standard InChI is InChI=1S/C25H52O/c1-4-5-6-7-8-9-10-11-12-13-14-15-16-17-18-19-20-21-22-23-24-25(2)26-3/h25H,4-24H2,1-3H3. The quantitative estimate of drug-likeness (QED) is 0.173. The zero-order chi connectivity index (χ0) is 19.1. The third-order valence-corrected chi connectivity index (χ3v) is 5.87. The molecule has 158 valence electrons. The highest BCUT2D eigenvalue weighted by atomic mass is 16.5. The van der Waals surface area contributed by atoms with Crippen molar-refractivity contribution in [3.8, 4) is 0 Å². The Bertz CT molecular complexity index is 238. The van der Waals surface area contributed by atoms with Gasteiger partial charge in [-0.3, -0.25) is 0 Å². The molecule has 1 atom stereocenters. The minimum atomic E-state index is 0.450. The van der Waals surface area contributed by atoms with Crippen molar-refractivity contribution in [2.45, 2.75) is 155 Å². The summed E-state index contributed by atoms with van der Waals surface area (Å²) in [5, 5.41) is 0. The first kappa shape index (κ1) is 26.0. The van der Waals surface area contributed by atoms with Gasteiger partial charge < -0.3 is 4.74 Å². The van der Waals surface area contributed by atoms with Gasteiger partial charge in [0, 0.05) is 7.11 Å². The van der Waals surface area contributed by atoms with Gasteiger partial charge in [-0.1, -0.05) is 135 Å². The van der Waals surface area contributed by atoms with Crippen molar-refractivity contribution < 1.29 is 4.74 Å². The van der Waals surface area contributed by atoms with E-state index in [0.717, 1.165) is 0 Å². The Labute approximate surface area is 167 Å². The number of ether oxygens (including phenoxy) is 1. The van der Waals surface area contributed by atoms with Crippen molar-refractivity contribution in [1.29, 1.82) is 0 Å². The van der Waals surface area contributed by atoms with Gasteiger partial charge in [0.1, 0.15) is 0 Å². The fraction of sp³-hybridized carbons (Fsp3) is 1.00. The van der Waals surface area contributed by atoms with Crippen molar-refractivity contribution in [3.05, 3.63) is 0 Å². The first-order chi connectivity index (χ1) is 12.8. The SMILES string of the molecule is CCCCCCCCCCCCCCCCCCCCCCC(C)OC. The largest absolute Gasteiger partial charge is 0.382 e. The van der Waals surface area contributed by atoms with Crippen LogP contribution in [0.3, 0.4) is 0 Å². The molecular weight excluding hydrogens is 316 g/mol. The van der Waals surface area contributed by atoms with E-state index in [-0.39, 0.29) is 0 Å². The fourth-order valence-corrected chi connectivity index (χ4v) is 3.80. The van der Waals surface area contributed by atoms with E-state index >= 15 is 0 Å². The Hall–Kier alpha value is -0.0400. The average Bonchev–Trinajstić information content (AvgIpc) is 2.66. The maximum absolute atomic E-state index is 5.29.